The highest BCUT2D eigenvalue weighted by molar-refractivity contribution is 7.22. The van der Waals surface area contributed by atoms with Crippen molar-refractivity contribution in [3.05, 3.63) is 60.4 Å². The predicted molar refractivity (Wildman–Crippen MR) is 109 cm³/mol. The van der Waals surface area contributed by atoms with E-state index in [1.807, 2.05) is 12.1 Å². The first-order chi connectivity index (χ1) is 12.8. The molecule has 0 radical (unpaired) electrons. The van der Waals surface area contributed by atoms with Gasteiger partial charge in [-0.3, -0.25) is 4.98 Å². The molecule has 0 saturated carbocycles. The molecule has 0 aliphatic carbocycles. The Labute approximate surface area is 156 Å². The van der Waals surface area contributed by atoms with Crippen LogP contribution in [0.2, 0.25) is 0 Å². The van der Waals surface area contributed by atoms with Crippen LogP contribution in [0.15, 0.2) is 54.9 Å². The van der Waals surface area contributed by atoms with E-state index in [9.17, 15) is 0 Å². The lowest BCUT2D eigenvalue weighted by atomic mass is 9.99. The van der Waals surface area contributed by atoms with Crippen molar-refractivity contribution in [3.63, 3.8) is 0 Å². The Morgan fingerprint density at radius 3 is 2.54 bits per heavy atom. The third-order valence-electron chi connectivity index (χ3n) is 4.42. The zero-order valence-corrected chi connectivity index (χ0v) is 15.5. The van der Waals surface area contributed by atoms with Crippen molar-refractivity contribution in [3.8, 4) is 21.8 Å². The largest absolute Gasteiger partial charge is 0.368 e. The maximum absolute atomic E-state index is 6.09. The highest BCUT2D eigenvalue weighted by atomic mass is 32.1. The number of thiophene rings is 1. The molecule has 26 heavy (non-hydrogen) atoms. The van der Waals surface area contributed by atoms with Crippen LogP contribution in [0, 0.1) is 0 Å². The van der Waals surface area contributed by atoms with E-state index in [-0.39, 0.29) is 0 Å². The summed E-state index contributed by atoms with van der Waals surface area (Å²) in [6, 6.07) is 14.6. The highest BCUT2D eigenvalue weighted by Gasteiger charge is 2.18. The molecule has 0 fully saturated rings. The van der Waals surface area contributed by atoms with Crippen LogP contribution in [0.5, 0.6) is 0 Å². The summed E-state index contributed by atoms with van der Waals surface area (Å²) in [7, 11) is 0. The lowest BCUT2D eigenvalue weighted by molar-refractivity contribution is 0.792. The number of nitrogens with zero attached hydrogens (tertiary/aromatic N) is 3. The molecule has 5 heteroatoms. The van der Waals surface area contributed by atoms with Crippen LogP contribution in [0.1, 0.15) is 25.3 Å². The van der Waals surface area contributed by atoms with Crippen LogP contribution in [-0.4, -0.2) is 15.0 Å². The van der Waals surface area contributed by atoms with Crippen LogP contribution in [0.25, 0.3) is 31.9 Å². The van der Waals surface area contributed by atoms with Crippen LogP contribution >= 0.6 is 11.3 Å². The number of nitrogens with two attached hydrogens (primary N) is 1. The molecule has 0 aliphatic heterocycles. The third kappa shape index (κ3) is 3.18. The number of unbranched alkanes of at least 4 members (excludes halogenated alkanes) is 1. The molecule has 0 aliphatic rings. The van der Waals surface area contributed by atoms with Gasteiger partial charge in [-0.1, -0.05) is 31.5 Å². The van der Waals surface area contributed by atoms with Gasteiger partial charge in [0.25, 0.3) is 0 Å². The first kappa shape index (κ1) is 16.7. The SMILES string of the molecule is CCCCc1c(-c2ccncc2)nc(N)nc1-c1cc2ccccc2s1. The van der Waals surface area contributed by atoms with Gasteiger partial charge >= 0.3 is 0 Å². The Kier molecular flexibility index (Phi) is 4.63. The number of nitrogen functional groups attached to an aromatic ring is 1. The van der Waals surface area contributed by atoms with Gasteiger partial charge < -0.3 is 5.73 Å². The van der Waals surface area contributed by atoms with Gasteiger partial charge in [0.2, 0.25) is 5.95 Å². The molecule has 130 valence electrons. The average molecular weight is 360 g/mol. The maximum atomic E-state index is 6.09. The molecule has 4 aromatic rings. The number of benzene rings is 1. The number of aromatic nitrogens is 3. The van der Waals surface area contributed by atoms with E-state index < -0.39 is 0 Å². The topological polar surface area (TPSA) is 64.7 Å². The van der Waals surface area contributed by atoms with E-state index in [0.29, 0.717) is 5.95 Å². The summed E-state index contributed by atoms with van der Waals surface area (Å²) in [6.45, 7) is 2.20. The second-order valence-corrected chi connectivity index (χ2v) is 7.33. The predicted octanol–water partition coefficient (Wildman–Crippen LogP) is 5.35. The third-order valence-corrected chi connectivity index (χ3v) is 5.54. The molecule has 4 rings (SSSR count). The Morgan fingerprint density at radius 1 is 1.00 bits per heavy atom. The fourth-order valence-corrected chi connectivity index (χ4v) is 4.22. The second kappa shape index (κ2) is 7.22. The van der Waals surface area contributed by atoms with E-state index >= 15 is 0 Å². The van der Waals surface area contributed by atoms with Crippen LogP contribution < -0.4 is 5.73 Å². The summed E-state index contributed by atoms with van der Waals surface area (Å²) < 4.78 is 1.26. The number of hydrogen-bond donors (Lipinski definition) is 1. The summed E-state index contributed by atoms with van der Waals surface area (Å²) in [5.41, 5.74) is 10.2. The van der Waals surface area contributed by atoms with Crippen molar-refractivity contribution < 1.29 is 0 Å². The summed E-state index contributed by atoms with van der Waals surface area (Å²) in [5, 5.41) is 1.23. The molecular formula is C21H20N4S. The van der Waals surface area contributed by atoms with Crippen LogP contribution in [-0.2, 0) is 6.42 Å². The minimum Gasteiger partial charge on any atom is -0.368 e. The van der Waals surface area contributed by atoms with Gasteiger partial charge in [0.05, 0.1) is 16.3 Å². The first-order valence-corrected chi connectivity index (χ1v) is 9.63. The normalized spacial score (nSPS) is 11.1. The van der Waals surface area contributed by atoms with Gasteiger partial charge in [0.1, 0.15) is 0 Å². The molecule has 3 aromatic heterocycles. The molecule has 0 saturated heterocycles. The molecule has 4 nitrogen and oxygen atoms in total. The van der Waals surface area contributed by atoms with Crippen molar-refractivity contribution in [2.75, 3.05) is 5.73 Å². The first-order valence-electron chi connectivity index (χ1n) is 8.82. The molecule has 1 aromatic carbocycles. The molecule has 0 amide bonds. The average Bonchev–Trinajstić information content (AvgIpc) is 3.11. The lowest BCUT2D eigenvalue weighted by Crippen LogP contribution is -2.04. The van der Waals surface area contributed by atoms with Crippen molar-refractivity contribution in [1.82, 2.24) is 15.0 Å². The number of anilines is 1. The Hall–Kier alpha value is -2.79. The fourth-order valence-electron chi connectivity index (χ4n) is 3.14. The summed E-state index contributed by atoms with van der Waals surface area (Å²) in [4.78, 5) is 14.5. The smallest absolute Gasteiger partial charge is 0.221 e. The van der Waals surface area contributed by atoms with Gasteiger partial charge in [0, 0.05) is 28.2 Å². The summed E-state index contributed by atoms with van der Waals surface area (Å²) >= 11 is 1.75. The zero-order valence-electron chi connectivity index (χ0n) is 14.6. The molecule has 0 unspecified atom stereocenters. The number of pyridine rings is 1. The summed E-state index contributed by atoms with van der Waals surface area (Å²) in [5.74, 6) is 0.310. The van der Waals surface area contributed by atoms with E-state index in [1.54, 1.807) is 23.7 Å². The van der Waals surface area contributed by atoms with Crippen LogP contribution in [0.3, 0.4) is 0 Å². The second-order valence-electron chi connectivity index (χ2n) is 6.25. The summed E-state index contributed by atoms with van der Waals surface area (Å²) in [6.07, 6.45) is 6.71. The van der Waals surface area contributed by atoms with E-state index in [1.165, 1.54) is 15.6 Å². The van der Waals surface area contributed by atoms with Crippen molar-refractivity contribution in [2.24, 2.45) is 0 Å². The molecular weight excluding hydrogens is 340 g/mol. The number of hydrogen-bond acceptors (Lipinski definition) is 5. The minimum atomic E-state index is 0.310. The quantitative estimate of drug-likeness (QED) is 0.521. The van der Waals surface area contributed by atoms with Crippen molar-refractivity contribution in [1.29, 1.82) is 0 Å². The van der Waals surface area contributed by atoms with Crippen LogP contribution in [0.4, 0.5) is 5.95 Å². The Morgan fingerprint density at radius 2 is 1.77 bits per heavy atom. The molecule has 3 heterocycles. The maximum Gasteiger partial charge on any atom is 0.221 e. The Bertz CT molecular complexity index is 1010. The van der Waals surface area contributed by atoms with E-state index in [4.69, 9.17) is 5.73 Å². The minimum absolute atomic E-state index is 0.310. The monoisotopic (exact) mass is 360 g/mol. The standard InChI is InChI=1S/C21H20N4S/c1-2-3-7-16-19(14-9-11-23-12-10-14)24-21(22)25-20(16)18-13-15-6-4-5-8-17(15)26-18/h4-6,8-13H,2-3,7H2,1H3,(H2,22,24,25). The fraction of sp³-hybridized carbons (Fsp3) is 0.190. The van der Waals surface area contributed by atoms with Gasteiger partial charge in [-0.05, 0) is 42.5 Å². The van der Waals surface area contributed by atoms with Gasteiger partial charge in [-0.2, -0.15) is 0 Å². The zero-order chi connectivity index (χ0) is 17.9. The molecule has 0 atom stereocenters. The highest BCUT2D eigenvalue weighted by Crippen LogP contribution is 2.37. The number of rotatable bonds is 5. The van der Waals surface area contributed by atoms with Gasteiger partial charge in [-0.15, -0.1) is 11.3 Å². The van der Waals surface area contributed by atoms with Gasteiger partial charge in [-0.25, -0.2) is 9.97 Å². The van der Waals surface area contributed by atoms with Crippen molar-refractivity contribution >= 4 is 27.4 Å². The Balaban J connectivity index is 1.94. The molecule has 0 spiro atoms. The lowest BCUT2D eigenvalue weighted by Gasteiger charge is -2.13. The van der Waals surface area contributed by atoms with Gasteiger partial charge in [0.15, 0.2) is 0 Å². The van der Waals surface area contributed by atoms with Crippen molar-refractivity contribution in [2.45, 2.75) is 26.2 Å². The van der Waals surface area contributed by atoms with E-state index in [0.717, 1.165) is 41.1 Å². The number of fused-ring (bicyclic) bond motifs is 1. The molecule has 0 bridgehead atoms. The van der Waals surface area contributed by atoms with E-state index in [2.05, 4.69) is 52.2 Å². The molecule has 2 N–H and O–H groups in total.